The smallest absolute Gasteiger partial charge is 0.214 e. The van der Waals surface area contributed by atoms with Gasteiger partial charge in [-0.3, -0.25) is 0 Å². The van der Waals surface area contributed by atoms with Gasteiger partial charge in [-0.15, -0.1) is 0 Å². The van der Waals surface area contributed by atoms with Gasteiger partial charge in [-0.1, -0.05) is 29.3 Å². The molecule has 0 aliphatic heterocycles. The molecule has 0 saturated heterocycles. The summed E-state index contributed by atoms with van der Waals surface area (Å²) in [5.74, 6) is 1.40. The van der Waals surface area contributed by atoms with Crippen molar-refractivity contribution in [3.63, 3.8) is 0 Å². The molecular formula is C17H15ClN2O. The lowest BCUT2D eigenvalue weighted by atomic mass is 10.2. The van der Waals surface area contributed by atoms with Crippen LogP contribution in [0.15, 0.2) is 59.1 Å². The van der Waals surface area contributed by atoms with Crippen LogP contribution in [0.4, 0.5) is 5.69 Å². The molecule has 0 bridgehead atoms. The number of benzene rings is 2. The van der Waals surface area contributed by atoms with Crippen molar-refractivity contribution in [2.75, 3.05) is 5.32 Å². The van der Waals surface area contributed by atoms with E-state index in [9.17, 15) is 0 Å². The Morgan fingerprint density at radius 3 is 2.48 bits per heavy atom. The zero-order valence-corrected chi connectivity index (χ0v) is 12.4. The van der Waals surface area contributed by atoms with Crippen molar-refractivity contribution in [3.05, 3.63) is 71.2 Å². The van der Waals surface area contributed by atoms with Crippen LogP contribution in [-0.2, 0) is 6.54 Å². The van der Waals surface area contributed by atoms with Gasteiger partial charge in [0.1, 0.15) is 0 Å². The molecule has 0 aliphatic rings. The molecule has 1 heterocycles. The molecule has 1 aromatic heterocycles. The van der Waals surface area contributed by atoms with Gasteiger partial charge in [-0.05, 0) is 43.3 Å². The van der Waals surface area contributed by atoms with Crippen LogP contribution < -0.4 is 5.32 Å². The molecule has 0 fully saturated rings. The SMILES string of the molecule is Cc1ccc(NCc2ncc(-c3ccc(Cl)cc3)o2)cc1. The van der Waals surface area contributed by atoms with Crippen molar-refractivity contribution < 1.29 is 4.42 Å². The molecule has 0 aliphatic carbocycles. The maximum absolute atomic E-state index is 5.88. The maximum Gasteiger partial charge on any atom is 0.214 e. The van der Waals surface area contributed by atoms with E-state index in [2.05, 4.69) is 29.4 Å². The lowest BCUT2D eigenvalue weighted by Crippen LogP contribution is -1.99. The van der Waals surface area contributed by atoms with Gasteiger partial charge in [0.25, 0.3) is 0 Å². The van der Waals surface area contributed by atoms with Crippen LogP contribution in [-0.4, -0.2) is 4.98 Å². The van der Waals surface area contributed by atoms with Gasteiger partial charge in [0.2, 0.25) is 5.89 Å². The first kappa shape index (κ1) is 13.7. The molecule has 0 atom stereocenters. The average molecular weight is 299 g/mol. The number of rotatable bonds is 4. The predicted octanol–water partition coefficient (Wildman–Crippen LogP) is 4.92. The Hall–Kier alpha value is -2.26. The van der Waals surface area contributed by atoms with Gasteiger partial charge < -0.3 is 9.73 Å². The van der Waals surface area contributed by atoms with Crippen molar-refractivity contribution >= 4 is 17.3 Å². The monoisotopic (exact) mass is 298 g/mol. The molecule has 3 aromatic rings. The van der Waals surface area contributed by atoms with Crippen LogP contribution >= 0.6 is 11.6 Å². The first-order valence-electron chi connectivity index (χ1n) is 6.72. The summed E-state index contributed by atoms with van der Waals surface area (Å²) in [6, 6.07) is 15.7. The van der Waals surface area contributed by atoms with Gasteiger partial charge in [0.05, 0.1) is 12.7 Å². The van der Waals surface area contributed by atoms with E-state index in [1.807, 2.05) is 36.4 Å². The van der Waals surface area contributed by atoms with Crippen molar-refractivity contribution in [2.45, 2.75) is 13.5 Å². The van der Waals surface area contributed by atoms with E-state index >= 15 is 0 Å². The fourth-order valence-corrected chi connectivity index (χ4v) is 2.11. The molecule has 0 spiro atoms. The number of hydrogen-bond donors (Lipinski definition) is 1. The second-order valence-electron chi connectivity index (χ2n) is 4.84. The van der Waals surface area contributed by atoms with E-state index in [4.69, 9.17) is 16.0 Å². The Bertz CT molecular complexity index is 717. The van der Waals surface area contributed by atoms with E-state index in [1.54, 1.807) is 6.20 Å². The molecule has 3 rings (SSSR count). The zero-order chi connectivity index (χ0) is 14.7. The first-order chi connectivity index (χ1) is 10.2. The van der Waals surface area contributed by atoms with Crippen LogP contribution in [0.25, 0.3) is 11.3 Å². The number of aromatic nitrogens is 1. The van der Waals surface area contributed by atoms with Gasteiger partial charge >= 0.3 is 0 Å². The molecule has 0 radical (unpaired) electrons. The van der Waals surface area contributed by atoms with E-state index in [1.165, 1.54) is 5.56 Å². The standard InChI is InChI=1S/C17H15ClN2O/c1-12-2-8-15(9-3-12)19-11-17-20-10-16(21-17)13-4-6-14(18)7-5-13/h2-10,19H,11H2,1H3. The highest BCUT2D eigenvalue weighted by Crippen LogP contribution is 2.22. The first-order valence-corrected chi connectivity index (χ1v) is 7.10. The Morgan fingerprint density at radius 2 is 1.76 bits per heavy atom. The third-order valence-electron chi connectivity index (χ3n) is 3.18. The highest BCUT2D eigenvalue weighted by atomic mass is 35.5. The highest BCUT2D eigenvalue weighted by Gasteiger charge is 2.06. The van der Waals surface area contributed by atoms with Gasteiger partial charge in [-0.2, -0.15) is 0 Å². The van der Waals surface area contributed by atoms with Crippen molar-refractivity contribution in [3.8, 4) is 11.3 Å². The zero-order valence-electron chi connectivity index (χ0n) is 11.6. The Labute approximate surface area is 128 Å². The lowest BCUT2D eigenvalue weighted by Gasteiger charge is -2.03. The van der Waals surface area contributed by atoms with Crippen LogP contribution in [0.3, 0.4) is 0 Å². The number of hydrogen-bond acceptors (Lipinski definition) is 3. The quantitative estimate of drug-likeness (QED) is 0.743. The minimum atomic E-state index is 0.552. The summed E-state index contributed by atoms with van der Waals surface area (Å²) in [5.41, 5.74) is 3.25. The van der Waals surface area contributed by atoms with Gasteiger partial charge in [0.15, 0.2) is 5.76 Å². The summed E-state index contributed by atoms with van der Waals surface area (Å²) >= 11 is 5.88. The van der Waals surface area contributed by atoms with Gasteiger partial charge in [0, 0.05) is 16.3 Å². The Morgan fingerprint density at radius 1 is 1.05 bits per heavy atom. The van der Waals surface area contributed by atoms with Crippen molar-refractivity contribution in [1.82, 2.24) is 4.98 Å². The molecule has 2 aromatic carbocycles. The molecule has 0 unspecified atom stereocenters. The molecule has 106 valence electrons. The number of nitrogens with zero attached hydrogens (tertiary/aromatic N) is 1. The van der Waals surface area contributed by atoms with E-state index in [0.29, 0.717) is 17.5 Å². The summed E-state index contributed by atoms with van der Waals surface area (Å²) in [4.78, 5) is 4.29. The van der Waals surface area contributed by atoms with Crippen LogP contribution in [0.5, 0.6) is 0 Å². The fourth-order valence-electron chi connectivity index (χ4n) is 1.99. The third-order valence-corrected chi connectivity index (χ3v) is 3.43. The number of halogens is 1. The maximum atomic E-state index is 5.88. The number of aryl methyl sites for hydroxylation is 1. The second-order valence-corrected chi connectivity index (χ2v) is 5.28. The molecule has 1 N–H and O–H groups in total. The van der Waals surface area contributed by atoms with Crippen molar-refractivity contribution in [1.29, 1.82) is 0 Å². The van der Waals surface area contributed by atoms with E-state index in [-0.39, 0.29) is 0 Å². The summed E-state index contributed by atoms with van der Waals surface area (Å²) in [5, 5.41) is 3.99. The topological polar surface area (TPSA) is 38.1 Å². The molecule has 0 amide bonds. The van der Waals surface area contributed by atoms with Crippen LogP contribution in [0.2, 0.25) is 5.02 Å². The van der Waals surface area contributed by atoms with Crippen LogP contribution in [0, 0.1) is 6.92 Å². The second kappa shape index (κ2) is 6.02. The highest BCUT2D eigenvalue weighted by molar-refractivity contribution is 6.30. The predicted molar refractivity (Wildman–Crippen MR) is 85.5 cm³/mol. The Balaban J connectivity index is 1.67. The Kier molecular flexibility index (Phi) is 3.93. The largest absolute Gasteiger partial charge is 0.439 e. The molecule has 21 heavy (non-hydrogen) atoms. The summed E-state index contributed by atoms with van der Waals surface area (Å²) in [6.07, 6.45) is 1.73. The molecule has 4 heteroatoms. The van der Waals surface area contributed by atoms with E-state index < -0.39 is 0 Å². The van der Waals surface area contributed by atoms with Crippen molar-refractivity contribution in [2.24, 2.45) is 0 Å². The fraction of sp³-hybridized carbons (Fsp3) is 0.118. The molecule has 3 nitrogen and oxygen atoms in total. The summed E-state index contributed by atoms with van der Waals surface area (Å²) in [6.45, 7) is 2.62. The normalized spacial score (nSPS) is 10.6. The van der Waals surface area contributed by atoms with Gasteiger partial charge in [-0.25, -0.2) is 4.98 Å². The average Bonchev–Trinajstić information content (AvgIpc) is 2.96. The minimum Gasteiger partial charge on any atom is -0.439 e. The number of anilines is 1. The number of oxazole rings is 1. The number of nitrogens with one attached hydrogen (secondary N) is 1. The summed E-state index contributed by atoms with van der Waals surface area (Å²) in [7, 11) is 0. The van der Waals surface area contributed by atoms with E-state index in [0.717, 1.165) is 17.0 Å². The molecular weight excluding hydrogens is 284 g/mol. The minimum absolute atomic E-state index is 0.552. The summed E-state index contributed by atoms with van der Waals surface area (Å²) < 4.78 is 5.74. The third kappa shape index (κ3) is 3.44. The van der Waals surface area contributed by atoms with Crippen LogP contribution in [0.1, 0.15) is 11.5 Å². The molecule has 0 saturated carbocycles. The lowest BCUT2D eigenvalue weighted by molar-refractivity contribution is 0.516.